The number of aliphatic hydroxyl groups is 1. The number of aromatic nitrogens is 2. The summed E-state index contributed by atoms with van der Waals surface area (Å²) < 4.78 is 0. The number of thiol groups is 1. The molecule has 36 heavy (non-hydrogen) atoms. The number of nitrogens with two attached hydrogens (primary N) is 1. The van der Waals surface area contributed by atoms with Crippen LogP contribution in [0.25, 0.3) is 0 Å². The normalized spacial score (nSPS) is 15.1. The molecule has 0 radical (unpaired) electrons. The van der Waals surface area contributed by atoms with Gasteiger partial charge in [-0.25, -0.2) is 9.78 Å². The molecule has 5 atom stereocenters. The van der Waals surface area contributed by atoms with Crippen molar-refractivity contribution in [2.24, 2.45) is 5.73 Å². The van der Waals surface area contributed by atoms with Gasteiger partial charge in [-0.2, -0.15) is 12.6 Å². The number of aliphatic hydroxyl groups excluding tert-OH is 1. The molecule has 3 amide bonds. The van der Waals surface area contributed by atoms with E-state index in [4.69, 9.17) is 5.73 Å². The fourth-order valence-electron chi connectivity index (χ4n) is 3.19. The van der Waals surface area contributed by atoms with Gasteiger partial charge < -0.3 is 42.0 Å². The van der Waals surface area contributed by atoms with Gasteiger partial charge >= 0.3 is 5.97 Å². The first-order valence-corrected chi connectivity index (χ1v) is 11.6. The van der Waals surface area contributed by atoms with E-state index in [0.717, 1.165) is 0 Å². The summed E-state index contributed by atoms with van der Waals surface area (Å²) in [7, 11) is 0. The maximum atomic E-state index is 13.1. The van der Waals surface area contributed by atoms with Crippen molar-refractivity contribution in [3.05, 3.63) is 48.0 Å². The Morgan fingerprint density at radius 2 is 1.64 bits per heavy atom. The van der Waals surface area contributed by atoms with Crippen molar-refractivity contribution in [2.75, 3.05) is 5.75 Å². The monoisotopic (exact) mass is 522 g/mol. The molecule has 0 aliphatic rings. The Balaban J connectivity index is 2.15. The number of carbonyl (C=O) groups excluding carboxylic acids is 3. The third kappa shape index (κ3) is 8.55. The first-order chi connectivity index (χ1) is 17.0. The van der Waals surface area contributed by atoms with E-state index in [-0.39, 0.29) is 24.3 Å². The SMILES string of the molecule is CC(O)C(NC(=O)C(CS)NC(=O)C(Cc1ccc(O)cc1)NC(=O)C(N)Cc1cnc[nH]1)C(=O)O. The number of aromatic hydroxyl groups is 1. The van der Waals surface area contributed by atoms with Gasteiger partial charge in [0.2, 0.25) is 17.7 Å². The fraction of sp³-hybridized carbons (Fsp3) is 0.409. The van der Waals surface area contributed by atoms with Gasteiger partial charge in [0.05, 0.1) is 18.5 Å². The van der Waals surface area contributed by atoms with Crippen LogP contribution in [0.15, 0.2) is 36.8 Å². The third-order valence-corrected chi connectivity index (χ3v) is 5.57. The number of carbonyl (C=O) groups is 4. The van der Waals surface area contributed by atoms with Gasteiger partial charge in [0.1, 0.15) is 17.8 Å². The number of aliphatic carboxylic acids is 1. The van der Waals surface area contributed by atoms with E-state index in [1.54, 1.807) is 12.1 Å². The number of nitrogens with zero attached hydrogens (tertiary/aromatic N) is 1. The number of benzene rings is 1. The summed E-state index contributed by atoms with van der Waals surface area (Å²) in [6, 6.07) is 0.933. The minimum Gasteiger partial charge on any atom is -0.508 e. The lowest BCUT2D eigenvalue weighted by atomic mass is 10.0. The minimum absolute atomic E-state index is 0.000959. The lowest BCUT2D eigenvalue weighted by Gasteiger charge is -2.25. The number of amides is 3. The smallest absolute Gasteiger partial charge is 0.328 e. The van der Waals surface area contributed by atoms with Crippen LogP contribution >= 0.6 is 12.6 Å². The summed E-state index contributed by atoms with van der Waals surface area (Å²) in [5, 5.41) is 35.5. The summed E-state index contributed by atoms with van der Waals surface area (Å²) in [5.41, 5.74) is 7.20. The van der Waals surface area contributed by atoms with Gasteiger partial charge in [0, 0.05) is 30.5 Å². The number of carboxylic acids is 1. The van der Waals surface area contributed by atoms with Crippen molar-refractivity contribution in [3.8, 4) is 5.75 Å². The highest BCUT2D eigenvalue weighted by Crippen LogP contribution is 2.12. The quantitative estimate of drug-likeness (QED) is 0.134. The zero-order valence-electron chi connectivity index (χ0n) is 19.4. The van der Waals surface area contributed by atoms with Crippen LogP contribution in [0.4, 0.5) is 0 Å². The van der Waals surface area contributed by atoms with Gasteiger partial charge in [-0.05, 0) is 24.6 Å². The molecule has 2 aromatic rings. The number of carboxylic acid groups (broad SMARTS) is 1. The Kier molecular flexibility index (Phi) is 10.7. The topological polar surface area (TPSA) is 220 Å². The molecule has 1 heterocycles. The number of hydrogen-bond acceptors (Lipinski definition) is 9. The highest BCUT2D eigenvalue weighted by molar-refractivity contribution is 7.80. The van der Waals surface area contributed by atoms with Gasteiger partial charge in [-0.15, -0.1) is 0 Å². The largest absolute Gasteiger partial charge is 0.508 e. The molecule has 0 bridgehead atoms. The molecule has 9 N–H and O–H groups in total. The molecule has 13 nitrogen and oxygen atoms in total. The lowest BCUT2D eigenvalue weighted by molar-refractivity contribution is -0.145. The number of phenols is 1. The van der Waals surface area contributed by atoms with Crippen molar-refractivity contribution >= 4 is 36.3 Å². The first-order valence-electron chi connectivity index (χ1n) is 10.9. The lowest BCUT2D eigenvalue weighted by Crippen LogP contribution is -2.59. The average molecular weight is 523 g/mol. The molecule has 0 fully saturated rings. The van der Waals surface area contributed by atoms with Crippen molar-refractivity contribution in [2.45, 2.75) is 50.0 Å². The maximum Gasteiger partial charge on any atom is 0.328 e. The summed E-state index contributed by atoms with van der Waals surface area (Å²) >= 11 is 4.06. The predicted molar refractivity (Wildman–Crippen MR) is 131 cm³/mol. The van der Waals surface area contributed by atoms with Crippen molar-refractivity contribution in [1.29, 1.82) is 0 Å². The Morgan fingerprint density at radius 1 is 1.03 bits per heavy atom. The van der Waals surface area contributed by atoms with Crippen LogP contribution in [0, 0.1) is 0 Å². The number of H-pyrrole nitrogens is 1. The molecular formula is C22H30N6O7S. The molecule has 1 aromatic heterocycles. The van der Waals surface area contributed by atoms with Gasteiger partial charge in [0.15, 0.2) is 6.04 Å². The second-order valence-electron chi connectivity index (χ2n) is 8.13. The fourth-order valence-corrected chi connectivity index (χ4v) is 3.45. The highest BCUT2D eigenvalue weighted by atomic mass is 32.1. The predicted octanol–water partition coefficient (Wildman–Crippen LogP) is -1.92. The van der Waals surface area contributed by atoms with Crippen molar-refractivity contribution < 1.29 is 34.5 Å². The van der Waals surface area contributed by atoms with Gasteiger partial charge in [-0.1, -0.05) is 12.1 Å². The third-order valence-electron chi connectivity index (χ3n) is 5.20. The van der Waals surface area contributed by atoms with Crippen LogP contribution in [0.1, 0.15) is 18.2 Å². The average Bonchev–Trinajstić information content (AvgIpc) is 3.34. The molecule has 196 valence electrons. The Hall–Kier alpha value is -3.62. The number of phenolic OH excluding ortho intramolecular Hbond substituents is 1. The Morgan fingerprint density at radius 3 is 2.17 bits per heavy atom. The number of rotatable bonds is 13. The number of aromatic amines is 1. The summed E-state index contributed by atoms with van der Waals surface area (Å²) in [4.78, 5) is 56.4. The maximum absolute atomic E-state index is 13.1. The Labute approximate surface area is 212 Å². The zero-order valence-corrected chi connectivity index (χ0v) is 20.3. The van der Waals surface area contributed by atoms with Crippen LogP contribution in [0.5, 0.6) is 5.75 Å². The molecule has 0 aliphatic carbocycles. The molecule has 2 rings (SSSR count). The molecule has 1 aromatic carbocycles. The molecule has 0 spiro atoms. The van der Waals surface area contributed by atoms with Gasteiger partial charge in [0.25, 0.3) is 0 Å². The molecular weight excluding hydrogens is 492 g/mol. The second kappa shape index (κ2) is 13.5. The molecule has 14 heteroatoms. The van der Waals surface area contributed by atoms with E-state index in [9.17, 15) is 34.5 Å². The van der Waals surface area contributed by atoms with E-state index in [2.05, 4.69) is 38.5 Å². The highest BCUT2D eigenvalue weighted by Gasteiger charge is 2.31. The van der Waals surface area contributed by atoms with Crippen LogP contribution in [-0.2, 0) is 32.0 Å². The molecule has 0 saturated carbocycles. The molecule has 0 saturated heterocycles. The number of hydrogen-bond donors (Lipinski definition) is 9. The summed E-state index contributed by atoms with van der Waals surface area (Å²) in [6.07, 6.45) is 1.70. The zero-order chi connectivity index (χ0) is 26.8. The Bertz CT molecular complexity index is 1030. The van der Waals surface area contributed by atoms with E-state index in [1.807, 2.05) is 0 Å². The van der Waals surface area contributed by atoms with E-state index < -0.39 is 54.0 Å². The summed E-state index contributed by atoms with van der Waals surface area (Å²) in [5.74, 6) is -3.88. The standard InChI is InChI=1S/C22H30N6O7S/c1-11(29)18(22(34)35)28-21(33)17(9-36)27-20(32)16(6-12-2-4-14(30)5-3-12)26-19(31)15(23)7-13-8-24-10-25-13/h2-5,8,10-11,15-18,29-30,36H,6-7,9,23H2,1H3,(H,24,25)(H,26,31)(H,27,32)(H,28,33)(H,34,35). The van der Waals surface area contributed by atoms with E-state index in [0.29, 0.717) is 11.3 Å². The van der Waals surface area contributed by atoms with Crippen molar-refractivity contribution in [1.82, 2.24) is 25.9 Å². The van der Waals surface area contributed by atoms with Gasteiger partial charge in [-0.3, -0.25) is 14.4 Å². The molecule has 0 aliphatic heterocycles. The van der Waals surface area contributed by atoms with Crippen LogP contribution in [0.3, 0.4) is 0 Å². The summed E-state index contributed by atoms with van der Waals surface area (Å²) in [6.45, 7) is 1.20. The van der Waals surface area contributed by atoms with Crippen molar-refractivity contribution in [3.63, 3.8) is 0 Å². The van der Waals surface area contributed by atoms with E-state index in [1.165, 1.54) is 31.6 Å². The second-order valence-corrected chi connectivity index (χ2v) is 8.49. The van der Waals surface area contributed by atoms with E-state index >= 15 is 0 Å². The number of imidazole rings is 1. The van der Waals surface area contributed by atoms with Crippen LogP contribution < -0.4 is 21.7 Å². The van der Waals surface area contributed by atoms with Crippen LogP contribution in [0.2, 0.25) is 0 Å². The first kappa shape index (κ1) is 28.6. The van der Waals surface area contributed by atoms with Crippen LogP contribution in [-0.4, -0.2) is 85.0 Å². The minimum atomic E-state index is -1.59. The molecule has 5 unspecified atom stereocenters. The number of nitrogens with one attached hydrogen (secondary N) is 4.